The van der Waals surface area contributed by atoms with Crippen LogP contribution in [0.25, 0.3) is 0 Å². The molecule has 1 unspecified atom stereocenters. The summed E-state index contributed by atoms with van der Waals surface area (Å²) in [5, 5.41) is 0.598. The molecule has 0 spiro atoms. The van der Waals surface area contributed by atoms with Crippen LogP contribution in [-0.4, -0.2) is 76.1 Å². The van der Waals surface area contributed by atoms with Crippen molar-refractivity contribution < 1.29 is 19.2 Å². The van der Waals surface area contributed by atoms with E-state index in [4.69, 9.17) is 17.3 Å². The van der Waals surface area contributed by atoms with E-state index in [-0.39, 0.29) is 60.1 Å². The molecule has 2 aliphatic heterocycles. The maximum atomic E-state index is 14.4. The largest absolute Gasteiger partial charge is 0.368 e. The van der Waals surface area contributed by atoms with Gasteiger partial charge in [0, 0.05) is 47.9 Å². The van der Waals surface area contributed by atoms with Crippen molar-refractivity contribution in [3.05, 3.63) is 34.9 Å². The van der Waals surface area contributed by atoms with Crippen molar-refractivity contribution in [3.63, 3.8) is 0 Å². The normalized spacial score (nSPS) is 26.5. The number of rotatable bonds is 6. The van der Waals surface area contributed by atoms with Crippen molar-refractivity contribution in [1.29, 1.82) is 0 Å². The number of hydrogen-bond acceptors (Lipinski definition) is 4. The Hall–Kier alpha value is -2.61. The molecular weight excluding hydrogens is 552 g/mol. The Kier molecular flexibility index (Phi) is 9.37. The summed E-state index contributed by atoms with van der Waals surface area (Å²) in [6.07, 6.45) is 4.16. The van der Waals surface area contributed by atoms with Gasteiger partial charge in [-0.3, -0.25) is 19.2 Å². The SMILES string of the molecule is CC(C)C(=O)N1CC(C(=O)N2C[C@@H](N(C(=O)C(C)(C)C)C3CCC(C)(C)CC3)C[C@H]2C(N)=O)[C@H](c2ccc(Cl)cc2)C1. The molecule has 9 heteroatoms. The first-order valence-corrected chi connectivity index (χ1v) is 15.8. The summed E-state index contributed by atoms with van der Waals surface area (Å²) in [6, 6.07) is 6.36. The summed E-state index contributed by atoms with van der Waals surface area (Å²) >= 11 is 6.16. The molecule has 3 fully saturated rings. The molecule has 0 bridgehead atoms. The van der Waals surface area contributed by atoms with Crippen molar-refractivity contribution >= 4 is 35.2 Å². The molecule has 42 heavy (non-hydrogen) atoms. The Morgan fingerprint density at radius 3 is 2.10 bits per heavy atom. The molecule has 3 aliphatic rings. The van der Waals surface area contributed by atoms with Crippen molar-refractivity contribution in [2.24, 2.45) is 28.4 Å². The summed E-state index contributed by atoms with van der Waals surface area (Å²) < 4.78 is 0. The van der Waals surface area contributed by atoms with Crippen LogP contribution in [-0.2, 0) is 19.2 Å². The van der Waals surface area contributed by atoms with Gasteiger partial charge in [-0.25, -0.2) is 0 Å². The fourth-order valence-corrected chi connectivity index (χ4v) is 7.19. The van der Waals surface area contributed by atoms with Gasteiger partial charge in [0.05, 0.1) is 12.0 Å². The molecule has 2 N–H and O–H groups in total. The number of nitrogens with two attached hydrogens (primary N) is 1. The number of benzene rings is 1. The van der Waals surface area contributed by atoms with Gasteiger partial charge >= 0.3 is 0 Å². The minimum atomic E-state index is -0.807. The quantitative estimate of drug-likeness (QED) is 0.505. The fraction of sp³-hybridized carbons (Fsp3) is 0.697. The van der Waals surface area contributed by atoms with Gasteiger partial charge in [-0.2, -0.15) is 0 Å². The average Bonchev–Trinajstić information content (AvgIpc) is 3.54. The Morgan fingerprint density at radius 2 is 1.57 bits per heavy atom. The molecule has 4 amide bonds. The van der Waals surface area contributed by atoms with Gasteiger partial charge in [0.15, 0.2) is 0 Å². The molecule has 2 heterocycles. The second kappa shape index (κ2) is 12.2. The van der Waals surface area contributed by atoms with Crippen molar-refractivity contribution in [1.82, 2.24) is 14.7 Å². The average molecular weight is 601 g/mol. The molecular formula is C33H49ClN4O4. The molecule has 1 aromatic carbocycles. The van der Waals surface area contributed by atoms with Gasteiger partial charge in [0.2, 0.25) is 23.6 Å². The zero-order chi connectivity index (χ0) is 31.1. The number of hydrogen-bond donors (Lipinski definition) is 1. The first-order valence-electron chi connectivity index (χ1n) is 15.5. The molecule has 4 atom stereocenters. The summed E-state index contributed by atoms with van der Waals surface area (Å²) in [4.78, 5) is 59.5. The van der Waals surface area contributed by atoms with E-state index in [9.17, 15) is 19.2 Å². The van der Waals surface area contributed by atoms with Crippen LogP contribution in [0.4, 0.5) is 0 Å². The number of carbonyl (C=O) groups excluding carboxylic acids is 4. The van der Waals surface area contributed by atoms with Crippen LogP contribution in [0, 0.1) is 22.7 Å². The molecule has 1 aliphatic carbocycles. The van der Waals surface area contributed by atoms with E-state index >= 15 is 0 Å². The maximum Gasteiger partial charge on any atom is 0.240 e. The van der Waals surface area contributed by atoms with E-state index in [1.54, 1.807) is 21.9 Å². The highest BCUT2D eigenvalue weighted by atomic mass is 35.5. The molecule has 2 saturated heterocycles. The molecule has 0 radical (unpaired) electrons. The molecule has 4 rings (SSSR count). The summed E-state index contributed by atoms with van der Waals surface area (Å²) in [5.74, 6) is -1.67. The lowest BCUT2D eigenvalue weighted by molar-refractivity contribution is -0.147. The second-order valence-corrected chi connectivity index (χ2v) is 15.3. The minimum absolute atomic E-state index is 0.00261. The predicted molar refractivity (Wildman–Crippen MR) is 165 cm³/mol. The van der Waals surface area contributed by atoms with Gasteiger partial charge in [0.25, 0.3) is 0 Å². The number of nitrogens with zero attached hydrogens (tertiary/aromatic N) is 3. The van der Waals surface area contributed by atoms with E-state index in [0.29, 0.717) is 18.0 Å². The van der Waals surface area contributed by atoms with Crippen LogP contribution in [0.5, 0.6) is 0 Å². The second-order valence-electron chi connectivity index (χ2n) is 14.8. The Labute approximate surface area is 256 Å². The van der Waals surface area contributed by atoms with E-state index in [0.717, 1.165) is 31.2 Å². The monoisotopic (exact) mass is 600 g/mol. The number of primary amides is 1. The summed E-state index contributed by atoms with van der Waals surface area (Å²) in [6.45, 7) is 15.0. The minimum Gasteiger partial charge on any atom is -0.368 e. The van der Waals surface area contributed by atoms with Gasteiger partial charge in [-0.05, 0) is 55.2 Å². The predicted octanol–water partition coefficient (Wildman–Crippen LogP) is 4.84. The Balaban J connectivity index is 1.65. The van der Waals surface area contributed by atoms with Crippen LogP contribution in [0.2, 0.25) is 5.02 Å². The highest BCUT2D eigenvalue weighted by molar-refractivity contribution is 6.30. The summed E-state index contributed by atoms with van der Waals surface area (Å²) in [7, 11) is 0. The number of halogens is 1. The molecule has 1 saturated carbocycles. The first-order chi connectivity index (χ1) is 19.5. The van der Waals surface area contributed by atoms with Crippen LogP contribution < -0.4 is 5.73 Å². The molecule has 1 aromatic rings. The Bertz CT molecular complexity index is 1180. The summed E-state index contributed by atoms with van der Waals surface area (Å²) in [5.41, 5.74) is 6.49. The lowest BCUT2D eigenvalue weighted by Gasteiger charge is -2.45. The number of carbonyl (C=O) groups is 4. The highest BCUT2D eigenvalue weighted by Crippen LogP contribution is 2.41. The van der Waals surface area contributed by atoms with E-state index in [1.165, 1.54) is 0 Å². The van der Waals surface area contributed by atoms with Crippen LogP contribution in [0.1, 0.15) is 92.1 Å². The maximum absolute atomic E-state index is 14.4. The number of likely N-dealkylation sites (tertiary alicyclic amines) is 2. The zero-order valence-electron chi connectivity index (χ0n) is 26.4. The highest BCUT2D eigenvalue weighted by Gasteiger charge is 2.50. The fourth-order valence-electron chi connectivity index (χ4n) is 7.07. The molecule has 8 nitrogen and oxygen atoms in total. The molecule has 232 valence electrons. The molecule has 0 aromatic heterocycles. The zero-order valence-corrected chi connectivity index (χ0v) is 27.1. The van der Waals surface area contributed by atoms with E-state index < -0.39 is 23.3 Å². The van der Waals surface area contributed by atoms with E-state index in [2.05, 4.69) is 13.8 Å². The smallest absolute Gasteiger partial charge is 0.240 e. The van der Waals surface area contributed by atoms with Crippen LogP contribution in [0.3, 0.4) is 0 Å². The third-order valence-electron chi connectivity index (χ3n) is 9.60. The van der Waals surface area contributed by atoms with Crippen molar-refractivity contribution in [2.75, 3.05) is 19.6 Å². The third kappa shape index (κ3) is 6.79. The van der Waals surface area contributed by atoms with Gasteiger partial charge in [-0.15, -0.1) is 0 Å². The van der Waals surface area contributed by atoms with Crippen LogP contribution >= 0.6 is 11.6 Å². The van der Waals surface area contributed by atoms with Gasteiger partial charge in [0.1, 0.15) is 6.04 Å². The standard InChI is InChI=1S/C33H49ClN4O4/c1-20(2)29(40)36-18-25(21-8-10-22(34)11-9-21)26(19-36)30(41)37-17-24(16-27(37)28(35)39)38(31(42)32(3,4)5)23-12-14-33(6,7)15-13-23/h8-11,20,23-27H,12-19H2,1-7H3,(H2,35,39)/t24-,25-,26?,27-/m0/s1. The lowest BCUT2D eigenvalue weighted by atomic mass is 9.74. The Morgan fingerprint density at radius 1 is 0.976 bits per heavy atom. The van der Waals surface area contributed by atoms with E-state index in [1.807, 2.05) is 51.7 Å². The van der Waals surface area contributed by atoms with Crippen LogP contribution in [0.15, 0.2) is 24.3 Å². The van der Waals surface area contributed by atoms with Gasteiger partial charge < -0.3 is 20.4 Å². The van der Waals surface area contributed by atoms with Crippen molar-refractivity contribution in [3.8, 4) is 0 Å². The topological polar surface area (TPSA) is 104 Å². The van der Waals surface area contributed by atoms with Crippen molar-refractivity contribution in [2.45, 2.75) is 105 Å². The van der Waals surface area contributed by atoms with Gasteiger partial charge in [-0.1, -0.05) is 72.2 Å². The first kappa shape index (κ1) is 32.3. The lowest BCUT2D eigenvalue weighted by Crippen LogP contribution is -2.54. The third-order valence-corrected chi connectivity index (χ3v) is 9.85. The number of amides is 4.